The smallest absolute Gasteiger partial charge is 0.309 e. The number of halogens is 1. The molecule has 170 valence electrons. The highest BCUT2D eigenvalue weighted by atomic mass is 35.5. The van der Waals surface area contributed by atoms with Crippen molar-refractivity contribution in [3.63, 3.8) is 0 Å². The van der Waals surface area contributed by atoms with Crippen molar-refractivity contribution in [2.45, 2.75) is 26.3 Å². The van der Waals surface area contributed by atoms with Crippen LogP contribution in [0.25, 0.3) is 33.6 Å². The summed E-state index contributed by atoms with van der Waals surface area (Å²) in [4.78, 5) is 17.9. The molecular weight excluding hydrogens is 438 g/mol. The number of hydrogen-bond acceptors (Lipinski definition) is 5. The summed E-state index contributed by atoms with van der Waals surface area (Å²) in [6, 6.07) is 20.6. The molecular formula is C26H26ClN3O3. The highest BCUT2D eigenvalue weighted by Crippen LogP contribution is 2.32. The number of aliphatic carboxylic acids is 1. The van der Waals surface area contributed by atoms with Crippen molar-refractivity contribution in [1.29, 1.82) is 0 Å². The third-order valence-electron chi connectivity index (χ3n) is 6.12. The molecule has 1 aliphatic heterocycles. The molecule has 1 fully saturated rings. The molecule has 4 aromatic rings. The van der Waals surface area contributed by atoms with E-state index in [-0.39, 0.29) is 18.3 Å². The molecule has 5 rings (SSSR count). The quantitative estimate of drug-likeness (QED) is 0.392. The van der Waals surface area contributed by atoms with E-state index in [2.05, 4.69) is 52.3 Å². The van der Waals surface area contributed by atoms with Gasteiger partial charge in [-0.2, -0.15) is 4.98 Å². The lowest BCUT2D eigenvalue weighted by Gasteiger charge is -2.36. The molecule has 1 aliphatic rings. The van der Waals surface area contributed by atoms with Crippen LogP contribution in [-0.4, -0.2) is 39.2 Å². The van der Waals surface area contributed by atoms with Gasteiger partial charge in [0.15, 0.2) is 0 Å². The van der Waals surface area contributed by atoms with Crippen LogP contribution in [0.15, 0.2) is 65.2 Å². The topological polar surface area (TPSA) is 79.5 Å². The van der Waals surface area contributed by atoms with Gasteiger partial charge >= 0.3 is 5.97 Å². The molecule has 3 aromatic carbocycles. The minimum atomic E-state index is -0.714. The predicted molar refractivity (Wildman–Crippen MR) is 130 cm³/mol. The third kappa shape index (κ3) is 4.63. The van der Waals surface area contributed by atoms with Gasteiger partial charge in [-0.1, -0.05) is 67.0 Å². The van der Waals surface area contributed by atoms with Crippen LogP contribution in [-0.2, 0) is 17.8 Å². The van der Waals surface area contributed by atoms with Crippen molar-refractivity contribution in [2.75, 3.05) is 13.1 Å². The van der Waals surface area contributed by atoms with Gasteiger partial charge in [-0.25, -0.2) is 0 Å². The fraction of sp³-hybridized carbons (Fsp3) is 0.269. The highest BCUT2D eigenvalue weighted by molar-refractivity contribution is 5.97. The molecule has 0 bridgehead atoms. The molecule has 33 heavy (non-hydrogen) atoms. The zero-order valence-corrected chi connectivity index (χ0v) is 19.2. The second kappa shape index (κ2) is 9.73. The van der Waals surface area contributed by atoms with E-state index in [4.69, 9.17) is 9.63 Å². The van der Waals surface area contributed by atoms with Crippen LogP contribution in [0.5, 0.6) is 0 Å². The van der Waals surface area contributed by atoms with E-state index in [9.17, 15) is 4.79 Å². The van der Waals surface area contributed by atoms with Crippen LogP contribution in [0.3, 0.4) is 0 Å². The maximum Gasteiger partial charge on any atom is 0.309 e. The average Bonchev–Trinajstić information content (AvgIpc) is 3.26. The van der Waals surface area contributed by atoms with Crippen molar-refractivity contribution >= 4 is 29.1 Å². The van der Waals surface area contributed by atoms with Gasteiger partial charge in [0.1, 0.15) is 0 Å². The first-order valence-electron chi connectivity index (χ1n) is 11.0. The number of hydrogen-bond donors (Lipinski definition) is 1. The van der Waals surface area contributed by atoms with Gasteiger partial charge in [-0.3, -0.25) is 9.69 Å². The van der Waals surface area contributed by atoms with Gasteiger partial charge in [-0.15, -0.1) is 12.4 Å². The highest BCUT2D eigenvalue weighted by Gasteiger charge is 2.32. The maximum absolute atomic E-state index is 11.1. The number of nitrogens with zero attached hydrogens (tertiary/aromatic N) is 3. The van der Waals surface area contributed by atoms with Gasteiger partial charge in [0.25, 0.3) is 5.89 Å². The number of aromatic nitrogens is 2. The average molecular weight is 464 g/mol. The van der Waals surface area contributed by atoms with Gasteiger partial charge < -0.3 is 9.63 Å². The van der Waals surface area contributed by atoms with Crippen LogP contribution in [0.1, 0.15) is 24.5 Å². The SMILES string of the molecule is CCCc1ccc(-c2nc(-c3ccc(CN4CC(C(=O)O)C4)c4ccccc34)no2)cc1.Cl. The molecule has 1 N–H and O–H groups in total. The Hall–Kier alpha value is -3.22. The molecule has 1 aromatic heterocycles. The Morgan fingerprint density at radius 2 is 1.79 bits per heavy atom. The number of carboxylic acid groups (broad SMARTS) is 1. The van der Waals surface area contributed by atoms with Crippen LogP contribution < -0.4 is 0 Å². The Morgan fingerprint density at radius 1 is 1.06 bits per heavy atom. The van der Waals surface area contributed by atoms with Gasteiger partial charge in [-0.05, 0) is 40.5 Å². The second-order valence-electron chi connectivity index (χ2n) is 8.42. The summed E-state index contributed by atoms with van der Waals surface area (Å²) in [5.41, 5.74) is 4.31. The van der Waals surface area contributed by atoms with Crippen molar-refractivity contribution in [3.8, 4) is 22.8 Å². The minimum absolute atomic E-state index is 0. The monoisotopic (exact) mass is 463 g/mol. The molecule has 0 spiro atoms. The number of carboxylic acids is 1. The van der Waals surface area contributed by atoms with E-state index in [0.29, 0.717) is 24.8 Å². The molecule has 0 atom stereocenters. The second-order valence-corrected chi connectivity index (χ2v) is 8.42. The van der Waals surface area contributed by atoms with Crippen LogP contribution in [0.4, 0.5) is 0 Å². The molecule has 0 amide bonds. The normalized spacial score (nSPS) is 14.1. The van der Waals surface area contributed by atoms with Crippen molar-refractivity contribution in [1.82, 2.24) is 15.0 Å². The Morgan fingerprint density at radius 3 is 2.48 bits per heavy atom. The summed E-state index contributed by atoms with van der Waals surface area (Å²) in [6.07, 6.45) is 2.17. The number of benzene rings is 3. The summed E-state index contributed by atoms with van der Waals surface area (Å²) >= 11 is 0. The minimum Gasteiger partial charge on any atom is -0.481 e. The zero-order chi connectivity index (χ0) is 22.1. The Balaban J connectivity index is 0.00000259. The van der Waals surface area contributed by atoms with E-state index in [1.54, 1.807) is 0 Å². The van der Waals surface area contributed by atoms with E-state index < -0.39 is 5.97 Å². The van der Waals surface area contributed by atoms with Gasteiger partial charge in [0.2, 0.25) is 5.82 Å². The first-order valence-corrected chi connectivity index (χ1v) is 11.0. The largest absolute Gasteiger partial charge is 0.481 e. The van der Waals surface area contributed by atoms with Gasteiger partial charge in [0, 0.05) is 30.8 Å². The summed E-state index contributed by atoms with van der Waals surface area (Å²) in [5, 5.41) is 15.6. The molecule has 1 saturated heterocycles. The molecule has 6 nitrogen and oxygen atoms in total. The lowest BCUT2D eigenvalue weighted by molar-refractivity contribution is -0.147. The van der Waals surface area contributed by atoms with E-state index >= 15 is 0 Å². The predicted octanol–water partition coefficient (Wildman–Crippen LogP) is 5.45. The van der Waals surface area contributed by atoms with Crippen molar-refractivity contribution in [2.24, 2.45) is 5.92 Å². The number of likely N-dealkylation sites (tertiary alicyclic amines) is 1. The molecule has 7 heteroatoms. The molecule has 0 aliphatic carbocycles. The first kappa shape index (κ1) is 23.0. The lowest BCUT2D eigenvalue weighted by atomic mass is 9.95. The first-order chi connectivity index (χ1) is 15.6. The third-order valence-corrected chi connectivity index (χ3v) is 6.12. The summed E-state index contributed by atoms with van der Waals surface area (Å²) in [5.74, 6) is 0.107. The summed E-state index contributed by atoms with van der Waals surface area (Å²) in [7, 11) is 0. The molecule has 0 saturated carbocycles. The number of aryl methyl sites for hydroxylation is 1. The standard InChI is InChI=1S/C26H25N3O3.ClH/c1-2-5-17-8-10-18(11-9-17)25-27-24(28-32-25)23-13-12-19(21-6-3-4-7-22(21)23)14-29-15-20(16-29)26(30)31;/h3-4,6-13,20H,2,5,14-16H2,1H3,(H,30,31);1H. The summed E-state index contributed by atoms with van der Waals surface area (Å²) in [6.45, 7) is 4.09. The van der Waals surface area contributed by atoms with Gasteiger partial charge in [0.05, 0.1) is 5.92 Å². The lowest BCUT2D eigenvalue weighted by Crippen LogP contribution is -2.49. The van der Waals surface area contributed by atoms with E-state index in [0.717, 1.165) is 41.3 Å². The maximum atomic E-state index is 11.1. The van der Waals surface area contributed by atoms with Crippen LogP contribution in [0.2, 0.25) is 0 Å². The van der Waals surface area contributed by atoms with Crippen molar-refractivity contribution < 1.29 is 14.4 Å². The molecule has 2 heterocycles. The number of rotatable bonds is 7. The number of fused-ring (bicyclic) bond motifs is 1. The number of carbonyl (C=O) groups is 1. The zero-order valence-electron chi connectivity index (χ0n) is 18.4. The van der Waals surface area contributed by atoms with E-state index in [1.165, 1.54) is 11.1 Å². The van der Waals surface area contributed by atoms with Crippen molar-refractivity contribution in [3.05, 3.63) is 71.8 Å². The van der Waals surface area contributed by atoms with Crippen LogP contribution in [0, 0.1) is 5.92 Å². The fourth-order valence-corrected chi connectivity index (χ4v) is 4.34. The van der Waals surface area contributed by atoms with Crippen LogP contribution >= 0.6 is 12.4 Å². The Labute approximate surface area is 198 Å². The summed E-state index contributed by atoms with van der Waals surface area (Å²) < 4.78 is 5.58. The molecule has 0 unspecified atom stereocenters. The van der Waals surface area contributed by atoms with E-state index in [1.807, 2.05) is 30.3 Å². The fourth-order valence-electron chi connectivity index (χ4n) is 4.34. The molecule has 0 radical (unpaired) electrons. The Kier molecular flexibility index (Phi) is 6.77. The Bertz CT molecular complexity index is 1260.